The number of unbranched alkanes of at least 4 members (excludes halogenated alkanes) is 18. The molecule has 1 aromatic rings. The average Bonchev–Trinajstić information content (AvgIpc) is 3.18. The molecular formula is C30H59N2+. The van der Waals surface area contributed by atoms with E-state index in [0.717, 1.165) is 0 Å². The molecule has 0 aliphatic heterocycles. The number of imidazole rings is 1. The molecule has 0 aromatic carbocycles. The summed E-state index contributed by atoms with van der Waals surface area (Å²) < 4.78 is 5.11. The van der Waals surface area contributed by atoms with E-state index in [9.17, 15) is 0 Å². The molecule has 0 unspecified atom stereocenters. The number of rotatable bonds is 24. The fourth-order valence-corrected chi connectivity index (χ4v) is 4.97. The van der Waals surface area contributed by atoms with E-state index in [1.807, 2.05) is 0 Å². The Hall–Kier alpha value is -0.790. The summed E-state index contributed by atoms with van der Waals surface area (Å²) in [6.07, 6.45) is 35.7. The van der Waals surface area contributed by atoms with Crippen molar-refractivity contribution in [3.8, 4) is 0 Å². The lowest BCUT2D eigenvalue weighted by Crippen LogP contribution is -2.37. The molecule has 0 spiro atoms. The maximum absolute atomic E-state index is 2.58. The molecule has 0 N–H and O–H groups in total. The van der Waals surface area contributed by atoms with Gasteiger partial charge in [-0.15, -0.1) is 0 Å². The maximum atomic E-state index is 2.58. The van der Waals surface area contributed by atoms with Crippen LogP contribution < -0.4 is 4.57 Å². The molecule has 0 saturated heterocycles. The van der Waals surface area contributed by atoms with E-state index >= 15 is 0 Å². The van der Waals surface area contributed by atoms with Crippen LogP contribution in [0.5, 0.6) is 0 Å². The number of hydrogen-bond acceptors (Lipinski definition) is 0. The normalized spacial score (nSPS) is 11.5. The van der Waals surface area contributed by atoms with Crippen LogP contribution in [0.4, 0.5) is 0 Å². The van der Waals surface area contributed by atoms with E-state index in [2.05, 4.69) is 42.3 Å². The van der Waals surface area contributed by atoms with Crippen LogP contribution in [0.2, 0.25) is 0 Å². The van der Waals surface area contributed by atoms with Crippen LogP contribution in [-0.4, -0.2) is 4.57 Å². The van der Waals surface area contributed by atoms with Crippen molar-refractivity contribution in [3.05, 3.63) is 18.2 Å². The highest BCUT2D eigenvalue weighted by Crippen LogP contribution is 2.13. The molecule has 32 heavy (non-hydrogen) atoms. The Kier molecular flexibility index (Phi) is 20.1. The highest BCUT2D eigenvalue weighted by atomic mass is 15.1. The Balaban J connectivity index is 2.16. The molecule has 1 aromatic heterocycles. The van der Waals surface area contributed by atoms with Crippen LogP contribution in [-0.2, 0) is 19.5 Å². The molecule has 0 aliphatic carbocycles. The molecule has 1 rings (SSSR count). The minimum Gasteiger partial charge on any atom is -0.234 e. The number of hydrogen-bond donors (Lipinski definition) is 0. The minimum atomic E-state index is 1.18. The molecule has 0 atom stereocenters. The number of nitrogens with zero attached hydrogens (tertiary/aromatic N) is 2. The van der Waals surface area contributed by atoms with E-state index in [0.29, 0.717) is 0 Å². The molecule has 1 heterocycles. The van der Waals surface area contributed by atoms with Crippen molar-refractivity contribution in [2.24, 2.45) is 0 Å². The van der Waals surface area contributed by atoms with E-state index in [-0.39, 0.29) is 0 Å². The van der Waals surface area contributed by atoms with Crippen molar-refractivity contribution in [1.29, 1.82) is 0 Å². The fraction of sp³-hybridized carbons (Fsp3) is 0.900. The SMILES string of the molecule is CCCCCCCCCCCCCc1n(CCC)cc[n+]1CCCCCCCCCCC. The summed E-state index contributed by atoms with van der Waals surface area (Å²) >= 11 is 0. The van der Waals surface area contributed by atoms with Gasteiger partial charge < -0.3 is 0 Å². The van der Waals surface area contributed by atoms with Crippen molar-refractivity contribution in [3.63, 3.8) is 0 Å². The third-order valence-electron chi connectivity index (χ3n) is 7.06. The second kappa shape index (κ2) is 22.0. The van der Waals surface area contributed by atoms with Crippen LogP contribution in [0.3, 0.4) is 0 Å². The van der Waals surface area contributed by atoms with Crippen molar-refractivity contribution in [1.82, 2.24) is 4.57 Å². The molecule has 0 saturated carbocycles. The van der Waals surface area contributed by atoms with Gasteiger partial charge in [0.2, 0.25) is 0 Å². The predicted molar refractivity (Wildman–Crippen MR) is 142 cm³/mol. The highest BCUT2D eigenvalue weighted by molar-refractivity contribution is 4.84. The largest absolute Gasteiger partial charge is 0.256 e. The monoisotopic (exact) mass is 447 g/mol. The first-order valence-corrected chi connectivity index (χ1v) is 14.9. The summed E-state index contributed by atoms with van der Waals surface area (Å²) in [6.45, 7) is 9.31. The Labute approximate surface area is 202 Å². The minimum absolute atomic E-state index is 1.18. The first-order chi connectivity index (χ1) is 15.8. The van der Waals surface area contributed by atoms with Gasteiger partial charge in [-0.05, 0) is 25.7 Å². The molecule has 2 nitrogen and oxygen atoms in total. The summed E-state index contributed by atoms with van der Waals surface area (Å²) in [5, 5.41) is 0. The van der Waals surface area contributed by atoms with Gasteiger partial charge in [-0.3, -0.25) is 0 Å². The second-order valence-electron chi connectivity index (χ2n) is 10.2. The molecule has 0 aliphatic rings. The third-order valence-corrected chi connectivity index (χ3v) is 7.06. The average molecular weight is 448 g/mol. The van der Waals surface area contributed by atoms with Crippen LogP contribution in [0.25, 0.3) is 0 Å². The Morgan fingerprint density at radius 1 is 0.531 bits per heavy atom. The standard InChI is InChI=1S/C30H59N2/c1-4-7-9-11-13-15-16-17-19-21-23-25-30-31(26-6-3)28-29-32(30)27-24-22-20-18-14-12-10-8-5-2/h28-29H,4-27H2,1-3H3/q+1. The van der Waals surface area contributed by atoms with Gasteiger partial charge in [0.25, 0.3) is 5.82 Å². The summed E-state index contributed by atoms with van der Waals surface area (Å²) in [5.74, 6) is 1.59. The molecular weight excluding hydrogens is 388 g/mol. The smallest absolute Gasteiger partial charge is 0.234 e. The zero-order valence-corrected chi connectivity index (χ0v) is 22.5. The molecule has 2 heteroatoms. The molecule has 0 amide bonds. The lowest BCUT2D eigenvalue weighted by atomic mass is 10.1. The van der Waals surface area contributed by atoms with Gasteiger partial charge in [0.1, 0.15) is 12.4 Å². The van der Waals surface area contributed by atoms with Crippen molar-refractivity contribution >= 4 is 0 Å². The highest BCUT2D eigenvalue weighted by Gasteiger charge is 2.15. The van der Waals surface area contributed by atoms with Gasteiger partial charge in [-0.25, -0.2) is 9.13 Å². The van der Waals surface area contributed by atoms with Gasteiger partial charge in [0.05, 0.1) is 13.1 Å². The van der Waals surface area contributed by atoms with Crippen LogP contribution in [0.15, 0.2) is 12.4 Å². The maximum Gasteiger partial charge on any atom is 0.256 e. The molecule has 0 bridgehead atoms. The van der Waals surface area contributed by atoms with Crippen LogP contribution >= 0.6 is 0 Å². The first-order valence-electron chi connectivity index (χ1n) is 14.9. The van der Waals surface area contributed by atoms with Gasteiger partial charge in [0, 0.05) is 6.42 Å². The van der Waals surface area contributed by atoms with Gasteiger partial charge in [-0.1, -0.05) is 130 Å². The van der Waals surface area contributed by atoms with E-state index in [1.54, 1.807) is 5.82 Å². The fourth-order valence-electron chi connectivity index (χ4n) is 4.97. The van der Waals surface area contributed by atoms with Crippen LogP contribution in [0, 0.1) is 0 Å². The first kappa shape index (κ1) is 29.2. The zero-order valence-electron chi connectivity index (χ0n) is 22.5. The van der Waals surface area contributed by atoms with Gasteiger partial charge in [0.15, 0.2) is 0 Å². The molecule has 188 valence electrons. The summed E-state index contributed by atoms with van der Waals surface area (Å²) in [4.78, 5) is 0. The number of aromatic nitrogens is 2. The Bertz CT molecular complexity index is 505. The predicted octanol–water partition coefficient (Wildman–Crippen LogP) is 9.57. The summed E-state index contributed by atoms with van der Waals surface area (Å²) in [6, 6.07) is 0. The summed E-state index contributed by atoms with van der Waals surface area (Å²) in [7, 11) is 0. The number of aryl methyl sites for hydroxylation is 2. The quantitative estimate of drug-likeness (QED) is 0.110. The molecule has 0 radical (unpaired) electrons. The van der Waals surface area contributed by atoms with E-state index in [4.69, 9.17) is 0 Å². The second-order valence-corrected chi connectivity index (χ2v) is 10.2. The van der Waals surface area contributed by atoms with E-state index < -0.39 is 0 Å². The molecule has 0 fully saturated rings. The van der Waals surface area contributed by atoms with Crippen molar-refractivity contribution < 1.29 is 4.57 Å². The Morgan fingerprint density at radius 3 is 1.44 bits per heavy atom. The lowest BCUT2D eigenvalue weighted by Gasteiger charge is -2.06. The van der Waals surface area contributed by atoms with Gasteiger partial charge in [-0.2, -0.15) is 0 Å². The third kappa shape index (κ3) is 15.1. The topological polar surface area (TPSA) is 8.81 Å². The van der Waals surface area contributed by atoms with Gasteiger partial charge >= 0.3 is 0 Å². The van der Waals surface area contributed by atoms with Crippen molar-refractivity contribution in [2.75, 3.05) is 0 Å². The van der Waals surface area contributed by atoms with Crippen molar-refractivity contribution in [2.45, 2.75) is 175 Å². The zero-order chi connectivity index (χ0) is 23.1. The van der Waals surface area contributed by atoms with Crippen LogP contribution in [0.1, 0.15) is 161 Å². The van der Waals surface area contributed by atoms with E-state index in [1.165, 1.54) is 154 Å². The summed E-state index contributed by atoms with van der Waals surface area (Å²) in [5.41, 5.74) is 0. The lowest BCUT2D eigenvalue weighted by molar-refractivity contribution is -0.704. The Morgan fingerprint density at radius 2 is 0.969 bits per heavy atom.